The molecule has 0 aromatic heterocycles. The fourth-order valence-corrected chi connectivity index (χ4v) is 1.99. The third kappa shape index (κ3) is 2.47. The normalized spacial score (nSPS) is 14.0. The maximum atomic E-state index is 10.5. The van der Waals surface area contributed by atoms with E-state index in [1.54, 1.807) is 6.08 Å². The Hall–Kier alpha value is -1.55. The van der Waals surface area contributed by atoms with E-state index < -0.39 is 5.97 Å². The first kappa shape index (κ1) is 9.98. The number of hydrogen-bond donors (Lipinski definition) is 1. The van der Waals surface area contributed by atoms with Crippen LogP contribution >= 0.6 is 11.9 Å². The molecule has 0 fully saturated rings. The number of fused-ring (bicyclic) bond motifs is 1. The van der Waals surface area contributed by atoms with Gasteiger partial charge in [-0.25, -0.2) is 4.40 Å². The topological polar surface area (TPSA) is 49.7 Å². The molecule has 15 heavy (non-hydrogen) atoms. The first-order valence-electron chi connectivity index (χ1n) is 4.48. The van der Waals surface area contributed by atoms with E-state index in [1.807, 2.05) is 30.3 Å². The lowest BCUT2D eigenvalue weighted by molar-refractivity contribution is -0.135. The monoisotopic (exact) mass is 219 g/mol. The highest BCUT2D eigenvalue weighted by atomic mass is 32.2. The van der Waals surface area contributed by atoms with Crippen molar-refractivity contribution in [3.8, 4) is 0 Å². The van der Waals surface area contributed by atoms with Crippen LogP contribution in [-0.4, -0.2) is 16.8 Å². The summed E-state index contributed by atoms with van der Waals surface area (Å²) in [5, 5.41) is 8.65. The van der Waals surface area contributed by atoms with Gasteiger partial charge in [-0.2, -0.15) is 0 Å². The molecular formula is C11H9NO2S. The van der Waals surface area contributed by atoms with Gasteiger partial charge >= 0.3 is 5.97 Å². The van der Waals surface area contributed by atoms with Crippen molar-refractivity contribution in [3.05, 3.63) is 35.9 Å². The molecule has 0 aliphatic carbocycles. The molecule has 3 nitrogen and oxygen atoms in total. The van der Waals surface area contributed by atoms with Crippen LogP contribution in [-0.2, 0) is 4.79 Å². The van der Waals surface area contributed by atoms with Gasteiger partial charge in [-0.1, -0.05) is 24.3 Å². The van der Waals surface area contributed by atoms with Crippen LogP contribution in [0.2, 0.25) is 0 Å². The van der Waals surface area contributed by atoms with Crippen molar-refractivity contribution in [2.45, 2.75) is 11.3 Å². The molecule has 0 bridgehead atoms. The van der Waals surface area contributed by atoms with E-state index in [0.717, 1.165) is 10.5 Å². The van der Waals surface area contributed by atoms with Crippen molar-refractivity contribution >= 4 is 29.7 Å². The van der Waals surface area contributed by atoms with Gasteiger partial charge in [0.05, 0.1) is 12.1 Å². The summed E-state index contributed by atoms with van der Waals surface area (Å²) in [6.07, 6.45) is 3.63. The van der Waals surface area contributed by atoms with Crippen LogP contribution < -0.4 is 0 Å². The Kier molecular flexibility index (Phi) is 2.87. The summed E-state index contributed by atoms with van der Waals surface area (Å²) < 4.78 is 4.17. The number of allylic oxidation sites excluding steroid dienone is 1. The number of carboxylic acids is 1. The van der Waals surface area contributed by atoms with Gasteiger partial charge < -0.3 is 5.11 Å². The summed E-state index contributed by atoms with van der Waals surface area (Å²) in [6, 6.07) is 7.85. The molecule has 1 heterocycles. The Morgan fingerprint density at radius 1 is 1.33 bits per heavy atom. The summed E-state index contributed by atoms with van der Waals surface area (Å²) >= 11 is 1.32. The van der Waals surface area contributed by atoms with E-state index >= 15 is 0 Å². The van der Waals surface area contributed by atoms with Gasteiger partial charge in [0.2, 0.25) is 0 Å². The molecule has 4 heteroatoms. The fourth-order valence-electron chi connectivity index (χ4n) is 1.27. The van der Waals surface area contributed by atoms with Crippen LogP contribution in [0, 0.1) is 0 Å². The van der Waals surface area contributed by atoms with Crippen LogP contribution in [0.3, 0.4) is 0 Å². The molecule has 1 aromatic rings. The highest BCUT2D eigenvalue weighted by Crippen LogP contribution is 2.27. The third-order valence-electron chi connectivity index (χ3n) is 1.97. The zero-order chi connectivity index (χ0) is 10.7. The molecule has 1 aliphatic heterocycles. The van der Waals surface area contributed by atoms with Crippen LogP contribution in [0.5, 0.6) is 0 Å². The van der Waals surface area contributed by atoms with Crippen LogP contribution in [0.4, 0.5) is 0 Å². The Morgan fingerprint density at radius 2 is 2.13 bits per heavy atom. The molecule has 0 spiro atoms. The maximum Gasteiger partial charge on any atom is 0.309 e. The molecule has 1 N–H and O–H groups in total. The van der Waals surface area contributed by atoms with Gasteiger partial charge in [-0.15, -0.1) is 0 Å². The first-order chi connectivity index (χ1) is 7.25. The molecule has 0 saturated carbocycles. The van der Waals surface area contributed by atoms with Crippen molar-refractivity contribution in [3.63, 3.8) is 0 Å². The molecule has 2 rings (SSSR count). The van der Waals surface area contributed by atoms with Gasteiger partial charge in [0.1, 0.15) is 0 Å². The van der Waals surface area contributed by atoms with Crippen molar-refractivity contribution in [1.29, 1.82) is 0 Å². The minimum atomic E-state index is -0.857. The van der Waals surface area contributed by atoms with E-state index in [2.05, 4.69) is 4.40 Å². The number of carbonyl (C=O) groups is 1. The van der Waals surface area contributed by atoms with Gasteiger partial charge in [0.15, 0.2) is 0 Å². The molecule has 1 aromatic carbocycles. The molecule has 0 amide bonds. The van der Waals surface area contributed by atoms with E-state index in [4.69, 9.17) is 5.11 Å². The first-order valence-corrected chi connectivity index (χ1v) is 5.26. The van der Waals surface area contributed by atoms with Gasteiger partial charge in [-0.3, -0.25) is 4.79 Å². The lowest BCUT2D eigenvalue weighted by Crippen LogP contribution is -2.02. The average Bonchev–Trinajstić information content (AvgIpc) is 2.41. The highest BCUT2D eigenvalue weighted by Gasteiger charge is 2.07. The van der Waals surface area contributed by atoms with Crippen molar-refractivity contribution in [1.82, 2.24) is 0 Å². The zero-order valence-electron chi connectivity index (χ0n) is 7.88. The van der Waals surface area contributed by atoms with Crippen LogP contribution in [0.1, 0.15) is 12.0 Å². The van der Waals surface area contributed by atoms with Crippen molar-refractivity contribution < 1.29 is 9.90 Å². The molecule has 0 saturated heterocycles. The maximum absolute atomic E-state index is 10.5. The van der Waals surface area contributed by atoms with E-state index in [0.29, 0.717) is 5.71 Å². The number of carboxylic acid groups (broad SMARTS) is 1. The Labute approximate surface area is 91.7 Å². The summed E-state index contributed by atoms with van der Waals surface area (Å²) in [4.78, 5) is 11.6. The van der Waals surface area contributed by atoms with Gasteiger partial charge in [-0.05, 0) is 17.7 Å². The predicted molar refractivity (Wildman–Crippen MR) is 61.0 cm³/mol. The second kappa shape index (κ2) is 4.31. The Bertz CT molecular complexity index is 452. The standard InChI is InChI=1S/C11H9NO2S/c13-11(14)7-9-6-5-8-3-1-2-4-10(8)15-12-9/h1-6H,7H2,(H,13,14). The second-order valence-electron chi connectivity index (χ2n) is 3.12. The lowest BCUT2D eigenvalue weighted by atomic mass is 10.1. The average molecular weight is 219 g/mol. The van der Waals surface area contributed by atoms with Crippen molar-refractivity contribution in [2.75, 3.05) is 0 Å². The van der Waals surface area contributed by atoms with E-state index in [1.165, 1.54) is 11.9 Å². The van der Waals surface area contributed by atoms with Crippen molar-refractivity contribution in [2.24, 2.45) is 4.40 Å². The second-order valence-corrected chi connectivity index (χ2v) is 3.92. The SMILES string of the molecule is O=C(O)CC1=NSc2ccccc2C=C1. The van der Waals surface area contributed by atoms with E-state index in [-0.39, 0.29) is 6.42 Å². The Morgan fingerprint density at radius 3 is 2.93 bits per heavy atom. The predicted octanol–water partition coefficient (Wildman–Crippen LogP) is 2.64. The van der Waals surface area contributed by atoms with Gasteiger partial charge in [0.25, 0.3) is 0 Å². The largest absolute Gasteiger partial charge is 0.481 e. The highest BCUT2D eigenvalue weighted by molar-refractivity contribution is 7.98. The summed E-state index contributed by atoms with van der Waals surface area (Å²) in [5.74, 6) is -0.857. The zero-order valence-corrected chi connectivity index (χ0v) is 8.70. The molecule has 0 unspecified atom stereocenters. The lowest BCUT2D eigenvalue weighted by Gasteiger charge is -1.97. The molecule has 76 valence electrons. The smallest absolute Gasteiger partial charge is 0.309 e. The summed E-state index contributed by atoms with van der Waals surface area (Å²) in [7, 11) is 0. The number of nitrogens with zero attached hydrogens (tertiary/aromatic N) is 1. The molecule has 0 atom stereocenters. The number of benzene rings is 1. The summed E-state index contributed by atoms with van der Waals surface area (Å²) in [6.45, 7) is 0. The number of rotatable bonds is 2. The van der Waals surface area contributed by atoms with Crippen LogP contribution in [0.15, 0.2) is 39.6 Å². The van der Waals surface area contributed by atoms with Crippen LogP contribution in [0.25, 0.3) is 6.08 Å². The fraction of sp³-hybridized carbons (Fsp3) is 0.0909. The third-order valence-corrected chi connectivity index (χ3v) is 2.86. The molecule has 0 radical (unpaired) electrons. The molecular weight excluding hydrogens is 210 g/mol. The minimum absolute atomic E-state index is 0.0303. The van der Waals surface area contributed by atoms with E-state index in [9.17, 15) is 4.79 Å². The quantitative estimate of drug-likeness (QED) is 0.778. The Balaban J connectivity index is 2.25. The minimum Gasteiger partial charge on any atom is -0.481 e. The van der Waals surface area contributed by atoms with Gasteiger partial charge in [0, 0.05) is 16.8 Å². The summed E-state index contributed by atoms with van der Waals surface area (Å²) in [5.41, 5.74) is 1.66. The number of hydrogen-bond acceptors (Lipinski definition) is 3. The molecule has 1 aliphatic rings. The number of aliphatic carboxylic acids is 1.